The number of hydrogen-bond acceptors (Lipinski definition) is 9. The van der Waals surface area contributed by atoms with Crippen LogP contribution in [-0.4, -0.2) is 70.6 Å². The number of rotatable bonds is 16. The topological polar surface area (TPSA) is 162 Å². The summed E-state index contributed by atoms with van der Waals surface area (Å²) in [5.41, 5.74) is 0.545. The average Bonchev–Trinajstić information content (AvgIpc) is 2.82. The van der Waals surface area contributed by atoms with Crippen LogP contribution in [-0.2, 0) is 49.3 Å². The van der Waals surface area contributed by atoms with Crippen molar-refractivity contribution < 1.29 is 41.3 Å². The molecule has 0 radical (unpaired) electrons. The van der Waals surface area contributed by atoms with E-state index in [9.17, 15) is 31.8 Å². The van der Waals surface area contributed by atoms with Gasteiger partial charge in [-0.15, -0.1) is 0 Å². The highest BCUT2D eigenvalue weighted by Gasteiger charge is 2.37. The normalized spacial score (nSPS) is 12.8. The Bertz CT molecular complexity index is 1160. The van der Waals surface area contributed by atoms with Crippen LogP contribution in [0.1, 0.15) is 67.2 Å². The monoisotopic (exact) mass is 588 g/mol. The fourth-order valence-corrected chi connectivity index (χ4v) is 6.00. The van der Waals surface area contributed by atoms with E-state index in [2.05, 4.69) is 10.6 Å². The number of ether oxygens (including phenoxy) is 2. The highest BCUT2D eigenvalue weighted by molar-refractivity contribution is 7.92. The van der Waals surface area contributed by atoms with E-state index in [1.807, 2.05) is 0 Å². The second kappa shape index (κ2) is 15.1. The lowest BCUT2D eigenvalue weighted by molar-refractivity contribution is -0.143. The summed E-state index contributed by atoms with van der Waals surface area (Å²) in [6.07, 6.45) is -0.821. The summed E-state index contributed by atoms with van der Waals surface area (Å²) < 4.78 is 45.5. The van der Waals surface area contributed by atoms with Gasteiger partial charge in [-0.1, -0.05) is 12.1 Å². The van der Waals surface area contributed by atoms with Gasteiger partial charge < -0.3 is 20.1 Å². The van der Waals surface area contributed by atoms with Crippen LogP contribution in [0, 0.1) is 0 Å². The van der Waals surface area contributed by atoms with Crippen LogP contribution in [0.25, 0.3) is 0 Å². The Morgan fingerprint density at radius 1 is 0.821 bits per heavy atom. The van der Waals surface area contributed by atoms with E-state index in [1.165, 1.54) is 13.8 Å². The van der Waals surface area contributed by atoms with Gasteiger partial charge in [0, 0.05) is 34.1 Å². The number of benzene rings is 1. The maximum Gasteiger partial charge on any atom is 0.306 e. The summed E-state index contributed by atoms with van der Waals surface area (Å²) in [6, 6.07) is 6.41. The Morgan fingerprint density at radius 2 is 1.28 bits per heavy atom. The maximum absolute atomic E-state index is 12.8. The molecule has 2 N–H and O–H groups in total. The van der Waals surface area contributed by atoms with Crippen LogP contribution in [0.2, 0.25) is 0 Å². The van der Waals surface area contributed by atoms with Gasteiger partial charge in [-0.2, -0.15) is 0 Å². The molecule has 0 saturated carbocycles. The summed E-state index contributed by atoms with van der Waals surface area (Å²) in [6.45, 7) is 9.81. The second-order valence-electron chi connectivity index (χ2n) is 9.99. The molecule has 0 aliphatic rings. The molecular weight excluding hydrogens is 548 g/mol. The molecule has 0 spiro atoms. The van der Waals surface area contributed by atoms with Crippen LogP contribution >= 0.6 is 0 Å². The van der Waals surface area contributed by atoms with Crippen molar-refractivity contribution >= 4 is 55.8 Å². The van der Waals surface area contributed by atoms with Gasteiger partial charge in [0.25, 0.3) is 0 Å². The molecule has 1 aromatic rings. The van der Waals surface area contributed by atoms with Gasteiger partial charge >= 0.3 is 11.9 Å². The maximum atomic E-state index is 12.8. The molecule has 0 fully saturated rings. The molecule has 220 valence electrons. The number of esters is 2. The molecule has 0 saturated heterocycles. The molecule has 1 unspecified atom stereocenters. The predicted octanol–water partition coefficient (Wildman–Crippen LogP) is 2.97. The Labute approximate surface area is 233 Å². The first-order valence-corrected chi connectivity index (χ1v) is 15.6. The number of nitrogens with one attached hydrogen (secondary N) is 2. The molecule has 1 aromatic carbocycles. The van der Waals surface area contributed by atoms with Gasteiger partial charge in [-0.25, -0.2) is 8.42 Å². The van der Waals surface area contributed by atoms with Crippen LogP contribution in [0.15, 0.2) is 24.3 Å². The fraction of sp³-hybridized carbons (Fsp3) is 0.615. The Kier molecular flexibility index (Phi) is 13.3. The minimum Gasteiger partial charge on any atom is -0.466 e. The summed E-state index contributed by atoms with van der Waals surface area (Å²) in [4.78, 5) is 48.7. The number of amides is 2. The molecule has 0 aliphatic carbocycles. The van der Waals surface area contributed by atoms with Crippen molar-refractivity contribution in [3.63, 3.8) is 0 Å². The number of hydrogen-bond donors (Lipinski definition) is 2. The molecule has 0 aliphatic heterocycles. The third-order valence-corrected chi connectivity index (χ3v) is 10.3. The Hall–Kier alpha value is -2.80. The first-order valence-electron chi connectivity index (χ1n) is 12.7. The van der Waals surface area contributed by atoms with Gasteiger partial charge in [0.15, 0.2) is 9.84 Å². The van der Waals surface area contributed by atoms with Crippen LogP contribution in [0.5, 0.6) is 0 Å². The van der Waals surface area contributed by atoms with Crippen molar-refractivity contribution in [1.82, 2.24) is 0 Å². The predicted molar refractivity (Wildman–Crippen MR) is 150 cm³/mol. The van der Waals surface area contributed by atoms with Crippen molar-refractivity contribution in [3.8, 4) is 0 Å². The van der Waals surface area contributed by atoms with E-state index >= 15 is 0 Å². The Balaban J connectivity index is 2.83. The van der Waals surface area contributed by atoms with Crippen molar-refractivity contribution in [3.05, 3.63) is 24.3 Å². The second-order valence-corrected chi connectivity index (χ2v) is 14.9. The third kappa shape index (κ3) is 11.5. The molecule has 0 bridgehead atoms. The van der Waals surface area contributed by atoms with E-state index in [0.717, 1.165) is 0 Å². The highest BCUT2D eigenvalue weighted by Crippen LogP contribution is 2.27. The Morgan fingerprint density at radius 3 is 1.77 bits per heavy atom. The van der Waals surface area contributed by atoms with Crippen molar-refractivity contribution in [1.29, 1.82) is 0 Å². The van der Waals surface area contributed by atoms with Crippen LogP contribution < -0.4 is 10.6 Å². The molecule has 1 rings (SSSR count). The molecule has 2 amide bonds. The van der Waals surface area contributed by atoms with Gasteiger partial charge in [0.2, 0.25) is 11.8 Å². The molecule has 39 heavy (non-hydrogen) atoms. The van der Waals surface area contributed by atoms with E-state index < -0.39 is 59.6 Å². The summed E-state index contributed by atoms with van der Waals surface area (Å²) in [5.74, 6) is -2.52. The van der Waals surface area contributed by atoms with E-state index in [1.54, 1.807) is 52.0 Å². The molecule has 0 aromatic heterocycles. The number of carbonyl (C=O) groups excluding carboxylic acids is 4. The number of carbonyl (C=O) groups is 4. The lowest BCUT2D eigenvalue weighted by Gasteiger charge is -2.25. The fourth-order valence-electron chi connectivity index (χ4n) is 3.47. The van der Waals surface area contributed by atoms with Crippen molar-refractivity contribution in [2.75, 3.05) is 35.4 Å². The summed E-state index contributed by atoms with van der Waals surface area (Å²) in [5, 5.41) is 5.34. The zero-order valence-electron chi connectivity index (χ0n) is 23.5. The smallest absolute Gasteiger partial charge is 0.306 e. The molecule has 1 atom stereocenters. The van der Waals surface area contributed by atoms with Crippen molar-refractivity contribution in [2.45, 2.75) is 76.7 Å². The molecule has 11 nitrogen and oxygen atoms in total. The highest BCUT2D eigenvalue weighted by atomic mass is 32.2. The first kappa shape index (κ1) is 34.2. The summed E-state index contributed by atoms with van der Waals surface area (Å²) in [7, 11) is -5.31. The van der Waals surface area contributed by atoms with Crippen molar-refractivity contribution in [2.24, 2.45) is 0 Å². The van der Waals surface area contributed by atoms with Gasteiger partial charge in [-0.05, 0) is 53.7 Å². The standard InChI is InChI=1S/C26H40N2O9S2/c1-7-36-23(31)13-15-38(33)25(3,4)17-21(29)27-19-11-9-10-12-20(19)28-22(30)18-26(5,6)39(34,35)16-14-24(32)37-8-2/h9-12H,7-8,13-18H2,1-6H3,(H,27,29)(H,28,30). The largest absolute Gasteiger partial charge is 0.466 e. The lowest BCUT2D eigenvalue weighted by atomic mass is 10.1. The van der Waals surface area contributed by atoms with Gasteiger partial charge in [0.1, 0.15) is 0 Å². The minimum absolute atomic E-state index is 0.0186. The minimum atomic E-state index is -3.82. The zero-order valence-corrected chi connectivity index (χ0v) is 25.1. The molecule has 0 heterocycles. The van der Waals surface area contributed by atoms with Gasteiger partial charge in [-0.3, -0.25) is 23.4 Å². The quantitative estimate of drug-likeness (QED) is 0.277. The first-order chi connectivity index (χ1) is 18.0. The third-order valence-electron chi connectivity index (χ3n) is 5.78. The number of sulfone groups is 1. The molecular formula is C26H40N2O9S2. The SMILES string of the molecule is CCOC(=O)CCS(=O)C(C)(C)CC(=O)Nc1ccccc1NC(=O)CC(C)(C)S(=O)(=O)CCC(=O)OCC. The van der Waals surface area contributed by atoms with Crippen LogP contribution in [0.4, 0.5) is 11.4 Å². The molecule has 13 heteroatoms. The average molecular weight is 589 g/mol. The van der Waals surface area contributed by atoms with Crippen LogP contribution in [0.3, 0.4) is 0 Å². The van der Waals surface area contributed by atoms with Gasteiger partial charge in [0.05, 0.1) is 47.9 Å². The van der Waals surface area contributed by atoms with E-state index in [0.29, 0.717) is 0 Å². The summed E-state index contributed by atoms with van der Waals surface area (Å²) >= 11 is 0. The zero-order chi connectivity index (χ0) is 29.9. The van der Waals surface area contributed by atoms with E-state index in [-0.39, 0.29) is 56.0 Å². The lowest BCUT2D eigenvalue weighted by Crippen LogP contribution is -2.38. The van der Waals surface area contributed by atoms with E-state index in [4.69, 9.17) is 9.47 Å². The number of para-hydroxylation sites is 2. The number of anilines is 2.